The minimum Gasteiger partial charge on any atom is -0.393 e. The van der Waals surface area contributed by atoms with Gasteiger partial charge in [0.2, 0.25) is 23.6 Å². The van der Waals surface area contributed by atoms with Crippen molar-refractivity contribution < 1.29 is 29.4 Å². The van der Waals surface area contributed by atoms with Gasteiger partial charge in [0.15, 0.2) is 0 Å². The van der Waals surface area contributed by atoms with Crippen molar-refractivity contribution in [3.63, 3.8) is 0 Å². The number of carbonyl (C=O) groups excluding carboxylic acids is 4. The molecule has 0 radical (unpaired) electrons. The molecule has 38 heavy (non-hydrogen) atoms. The molecule has 0 aromatic rings. The molecular formula is C28H50N4O6. The largest absolute Gasteiger partial charge is 0.393 e. The number of unbranched alkanes of at least 4 members (excludes halogenated alkanes) is 6. The third-order valence-corrected chi connectivity index (χ3v) is 6.59. The first kappa shape index (κ1) is 33.6. The van der Waals surface area contributed by atoms with Gasteiger partial charge in [-0.05, 0) is 32.6 Å². The van der Waals surface area contributed by atoms with Gasteiger partial charge < -0.3 is 31.5 Å². The van der Waals surface area contributed by atoms with Gasteiger partial charge >= 0.3 is 0 Å². The highest BCUT2D eigenvalue weighted by Crippen LogP contribution is 2.13. The molecule has 5 atom stereocenters. The van der Waals surface area contributed by atoms with Gasteiger partial charge in [-0.25, -0.2) is 0 Å². The Morgan fingerprint density at radius 1 is 1.05 bits per heavy atom. The summed E-state index contributed by atoms with van der Waals surface area (Å²) >= 11 is 0. The molecule has 0 bridgehead atoms. The summed E-state index contributed by atoms with van der Waals surface area (Å²) in [6, 6.07) is -2.80. The number of aliphatic hydroxyl groups is 2. The van der Waals surface area contributed by atoms with Crippen LogP contribution in [-0.2, 0) is 19.2 Å². The van der Waals surface area contributed by atoms with Crippen molar-refractivity contribution in [1.29, 1.82) is 0 Å². The third kappa shape index (κ3) is 15.1. The SMILES string of the molecule is CC(C)CCCCCCCCCC(=O)NC(C(=O)NC1CC(O)CCNC(=O)C=CC(C)NC1=O)C(C)O. The van der Waals surface area contributed by atoms with Crippen LogP contribution >= 0.6 is 0 Å². The number of aliphatic hydroxyl groups excluding tert-OH is 2. The summed E-state index contributed by atoms with van der Waals surface area (Å²) in [4.78, 5) is 50.0. The summed E-state index contributed by atoms with van der Waals surface area (Å²) < 4.78 is 0. The zero-order valence-electron chi connectivity index (χ0n) is 23.6. The van der Waals surface area contributed by atoms with E-state index in [9.17, 15) is 29.4 Å². The summed E-state index contributed by atoms with van der Waals surface area (Å²) in [5.41, 5.74) is 0. The lowest BCUT2D eigenvalue weighted by Gasteiger charge is -2.27. The van der Waals surface area contributed by atoms with Crippen LogP contribution in [0.3, 0.4) is 0 Å². The minimum atomic E-state index is -1.23. The van der Waals surface area contributed by atoms with Crippen LogP contribution in [0.25, 0.3) is 0 Å². The summed E-state index contributed by atoms with van der Waals surface area (Å²) in [5.74, 6) is -1.14. The normalized spacial score (nSPS) is 22.4. The maximum atomic E-state index is 13.0. The first-order valence-corrected chi connectivity index (χ1v) is 14.2. The number of carbonyl (C=O) groups is 4. The molecule has 1 aliphatic heterocycles. The summed E-state index contributed by atoms with van der Waals surface area (Å²) in [6.45, 7) is 7.76. The first-order valence-electron chi connectivity index (χ1n) is 14.2. The van der Waals surface area contributed by atoms with Gasteiger partial charge in [-0.3, -0.25) is 19.2 Å². The third-order valence-electron chi connectivity index (χ3n) is 6.59. The fourth-order valence-electron chi connectivity index (χ4n) is 4.28. The molecule has 0 saturated heterocycles. The fraction of sp³-hybridized carbons (Fsp3) is 0.786. The highest BCUT2D eigenvalue weighted by molar-refractivity contribution is 5.92. The molecule has 0 saturated carbocycles. The Bertz CT molecular complexity index is 770. The van der Waals surface area contributed by atoms with E-state index >= 15 is 0 Å². The highest BCUT2D eigenvalue weighted by atomic mass is 16.3. The van der Waals surface area contributed by atoms with Gasteiger partial charge in [-0.2, -0.15) is 0 Å². The van der Waals surface area contributed by atoms with Crippen LogP contribution in [0.2, 0.25) is 0 Å². The molecule has 6 N–H and O–H groups in total. The molecule has 0 aliphatic carbocycles. The van der Waals surface area contributed by atoms with Gasteiger partial charge in [0, 0.05) is 31.5 Å². The van der Waals surface area contributed by atoms with E-state index in [2.05, 4.69) is 35.1 Å². The first-order chi connectivity index (χ1) is 18.0. The van der Waals surface area contributed by atoms with Gasteiger partial charge in [-0.15, -0.1) is 0 Å². The van der Waals surface area contributed by atoms with Gasteiger partial charge in [0.1, 0.15) is 12.1 Å². The lowest BCUT2D eigenvalue weighted by atomic mass is 10.0. The lowest BCUT2D eigenvalue weighted by molar-refractivity contribution is -0.134. The molecule has 10 nitrogen and oxygen atoms in total. The van der Waals surface area contributed by atoms with Crippen molar-refractivity contribution in [1.82, 2.24) is 21.3 Å². The van der Waals surface area contributed by atoms with Gasteiger partial charge in [0.05, 0.1) is 12.2 Å². The van der Waals surface area contributed by atoms with Crippen molar-refractivity contribution in [2.75, 3.05) is 6.54 Å². The molecule has 0 spiro atoms. The maximum Gasteiger partial charge on any atom is 0.245 e. The smallest absolute Gasteiger partial charge is 0.245 e. The van der Waals surface area contributed by atoms with E-state index in [-0.39, 0.29) is 37.6 Å². The number of nitrogens with one attached hydrogen (secondary N) is 4. The molecule has 10 heteroatoms. The zero-order chi connectivity index (χ0) is 28.5. The van der Waals surface area contributed by atoms with Crippen molar-refractivity contribution in [2.45, 2.75) is 129 Å². The zero-order valence-corrected chi connectivity index (χ0v) is 23.6. The minimum absolute atomic E-state index is 0.0815. The Morgan fingerprint density at radius 3 is 2.32 bits per heavy atom. The van der Waals surface area contributed by atoms with Crippen LogP contribution in [0.5, 0.6) is 0 Å². The molecule has 4 amide bonds. The van der Waals surface area contributed by atoms with Crippen molar-refractivity contribution in [2.24, 2.45) is 5.92 Å². The second-order valence-electron chi connectivity index (χ2n) is 10.9. The van der Waals surface area contributed by atoms with Crippen molar-refractivity contribution in [3.8, 4) is 0 Å². The molecule has 0 aromatic carbocycles. The van der Waals surface area contributed by atoms with Gasteiger partial charge in [0.25, 0.3) is 0 Å². The second kappa shape index (κ2) is 18.7. The Kier molecular flexibility index (Phi) is 16.6. The Labute approximate surface area is 227 Å². The summed E-state index contributed by atoms with van der Waals surface area (Å²) in [7, 11) is 0. The lowest BCUT2D eigenvalue weighted by Crippen LogP contribution is -2.58. The summed E-state index contributed by atoms with van der Waals surface area (Å²) in [6.07, 6.45) is 9.87. The number of rotatable bonds is 14. The molecular weight excluding hydrogens is 488 g/mol. The number of amides is 4. The summed E-state index contributed by atoms with van der Waals surface area (Å²) in [5, 5.41) is 31.0. The highest BCUT2D eigenvalue weighted by Gasteiger charge is 2.31. The van der Waals surface area contributed by atoms with Crippen LogP contribution in [0.1, 0.15) is 98.3 Å². The van der Waals surface area contributed by atoms with Crippen LogP contribution in [0.15, 0.2) is 12.2 Å². The van der Waals surface area contributed by atoms with Crippen LogP contribution < -0.4 is 21.3 Å². The maximum absolute atomic E-state index is 13.0. The second-order valence-corrected chi connectivity index (χ2v) is 10.9. The van der Waals surface area contributed by atoms with Gasteiger partial charge in [-0.1, -0.05) is 64.9 Å². The van der Waals surface area contributed by atoms with E-state index in [1.54, 1.807) is 6.92 Å². The predicted octanol–water partition coefficient (Wildman–Crippen LogP) is 1.84. The van der Waals surface area contributed by atoms with Crippen molar-refractivity contribution in [3.05, 3.63) is 12.2 Å². The van der Waals surface area contributed by atoms with Crippen LogP contribution in [0, 0.1) is 5.92 Å². The van der Waals surface area contributed by atoms with Crippen LogP contribution in [0.4, 0.5) is 0 Å². The molecule has 218 valence electrons. The Hall–Kier alpha value is -2.46. The number of hydrogen-bond acceptors (Lipinski definition) is 6. The number of hydrogen-bond donors (Lipinski definition) is 6. The average molecular weight is 539 g/mol. The molecule has 0 fully saturated rings. The van der Waals surface area contributed by atoms with E-state index < -0.39 is 42.1 Å². The quantitative estimate of drug-likeness (QED) is 0.185. The fourth-order valence-corrected chi connectivity index (χ4v) is 4.28. The molecule has 5 unspecified atom stereocenters. The molecule has 1 heterocycles. The van der Waals surface area contributed by atoms with E-state index in [0.29, 0.717) is 6.42 Å². The molecule has 0 aromatic heterocycles. The van der Waals surface area contributed by atoms with E-state index in [4.69, 9.17) is 0 Å². The van der Waals surface area contributed by atoms with E-state index in [1.807, 2.05) is 0 Å². The van der Waals surface area contributed by atoms with E-state index in [0.717, 1.165) is 25.2 Å². The molecule has 1 rings (SSSR count). The standard InChI is InChI=1S/C28H50N4O6/c1-19(2)12-10-8-6-5-7-9-11-13-25(36)32-26(21(4)33)28(38)31-23-18-22(34)16-17-29-24(35)15-14-20(3)30-27(23)37/h14-15,19-23,26,33-34H,5-13,16-18H2,1-4H3,(H,29,35)(H,30,37)(H,31,38)(H,32,36). The average Bonchev–Trinajstić information content (AvgIpc) is 2.83. The van der Waals surface area contributed by atoms with Crippen molar-refractivity contribution >= 4 is 23.6 Å². The monoisotopic (exact) mass is 538 g/mol. The topological polar surface area (TPSA) is 157 Å². The molecule has 1 aliphatic rings. The Balaban J connectivity index is 2.57. The predicted molar refractivity (Wildman–Crippen MR) is 147 cm³/mol. The Morgan fingerprint density at radius 2 is 1.68 bits per heavy atom. The van der Waals surface area contributed by atoms with Crippen LogP contribution in [-0.4, -0.2) is 70.7 Å². The van der Waals surface area contributed by atoms with E-state index in [1.165, 1.54) is 44.8 Å².